The molecule has 0 aliphatic carbocycles. The summed E-state index contributed by atoms with van der Waals surface area (Å²) < 4.78 is 43.7. The molecule has 0 bridgehead atoms. The first kappa shape index (κ1) is 20.5. The fraction of sp³-hybridized carbons (Fsp3) is 0.150. The first-order chi connectivity index (χ1) is 13.3. The highest BCUT2D eigenvalue weighted by molar-refractivity contribution is 7.18. The van der Waals surface area contributed by atoms with Gasteiger partial charge >= 0.3 is 0 Å². The smallest absolute Gasteiger partial charge is 0.266 e. The van der Waals surface area contributed by atoms with Gasteiger partial charge in [-0.3, -0.25) is 0 Å². The van der Waals surface area contributed by atoms with Crippen LogP contribution < -0.4 is 27.9 Å². The van der Waals surface area contributed by atoms with Crippen LogP contribution in [0, 0.1) is 10.2 Å². The van der Waals surface area contributed by atoms with Crippen LogP contribution in [0.5, 0.6) is 5.75 Å². The van der Waals surface area contributed by atoms with Crippen molar-refractivity contribution in [1.29, 1.82) is 0 Å². The van der Waals surface area contributed by atoms with Crippen LogP contribution in [-0.4, -0.2) is 0 Å². The van der Waals surface area contributed by atoms with Gasteiger partial charge in [0.1, 0.15) is 22.8 Å². The van der Waals surface area contributed by atoms with Gasteiger partial charge in [-0.2, -0.15) is 4.57 Å². The predicted octanol–water partition coefficient (Wildman–Crippen LogP) is 0.290. The summed E-state index contributed by atoms with van der Waals surface area (Å²) in [5.41, 5.74) is 3.69. The van der Waals surface area contributed by atoms with Crippen molar-refractivity contribution in [3.05, 3.63) is 70.9 Å². The maximum absolute atomic E-state index is 8.49. The van der Waals surface area contributed by atoms with Crippen molar-refractivity contribution in [2.75, 3.05) is 0 Å². The van der Waals surface area contributed by atoms with E-state index in [0.717, 1.165) is 18.1 Å². The number of rotatable bonds is 2. The van der Waals surface area contributed by atoms with Gasteiger partial charge in [-0.25, -0.2) is 18.6 Å². The molecule has 8 heteroatoms. The summed E-state index contributed by atoms with van der Waals surface area (Å²) in [4.78, 5) is 0. The lowest BCUT2D eigenvalue weighted by Gasteiger charge is -2.17. The number of thiazole rings is 1. The summed E-state index contributed by atoms with van der Waals surface area (Å²) in [6.07, 6.45) is 4.26. The number of aromatic nitrogens is 1. The van der Waals surface area contributed by atoms with Crippen LogP contribution in [0.15, 0.2) is 60.4 Å². The van der Waals surface area contributed by atoms with Crippen molar-refractivity contribution >= 4 is 33.2 Å². The van der Waals surface area contributed by atoms with E-state index in [0.29, 0.717) is 0 Å². The van der Waals surface area contributed by atoms with E-state index in [1.54, 1.807) is 11.3 Å². The molecule has 146 valence electrons. The largest absolute Gasteiger partial charge is 0.456 e. The van der Waals surface area contributed by atoms with Gasteiger partial charge in [0.25, 0.3) is 5.01 Å². The molecule has 0 amide bonds. The SMILES string of the molecule is CC[n+]1c(/C=C2\C=C(C)c3ccccc3O2)sc2ccccc21.[O-][Cl+3]([O-])([O-])[O-]. The number of hydrogen-bond donors (Lipinski definition) is 0. The van der Waals surface area contributed by atoms with E-state index in [2.05, 4.69) is 60.9 Å². The Labute approximate surface area is 168 Å². The Morgan fingerprint density at radius 3 is 2.39 bits per heavy atom. The number of aryl methyl sites for hydroxylation is 1. The topological polar surface area (TPSA) is 105 Å². The van der Waals surface area contributed by atoms with Crippen molar-refractivity contribution in [1.82, 2.24) is 0 Å². The molecule has 0 fully saturated rings. The van der Waals surface area contributed by atoms with E-state index >= 15 is 0 Å². The maximum Gasteiger partial charge on any atom is 0.266 e. The van der Waals surface area contributed by atoms with Gasteiger partial charge in [0, 0.05) is 11.6 Å². The van der Waals surface area contributed by atoms with Gasteiger partial charge < -0.3 is 4.74 Å². The number of benzene rings is 2. The lowest BCUT2D eigenvalue weighted by Crippen LogP contribution is -2.68. The third-order valence-electron chi connectivity index (χ3n) is 4.12. The number of ether oxygens (including phenoxy) is 1. The highest BCUT2D eigenvalue weighted by atomic mass is 35.7. The number of halogens is 1. The zero-order valence-electron chi connectivity index (χ0n) is 15.3. The molecule has 0 saturated carbocycles. The third kappa shape index (κ3) is 4.96. The highest BCUT2D eigenvalue weighted by Gasteiger charge is 2.19. The molecule has 4 rings (SSSR count). The Morgan fingerprint density at radius 1 is 1.04 bits per heavy atom. The lowest BCUT2D eigenvalue weighted by atomic mass is 10.0. The van der Waals surface area contributed by atoms with Crippen LogP contribution in [0.4, 0.5) is 0 Å². The van der Waals surface area contributed by atoms with E-state index in [4.69, 9.17) is 23.4 Å². The summed E-state index contributed by atoms with van der Waals surface area (Å²) in [7, 11) is -4.94. The van der Waals surface area contributed by atoms with Crippen molar-refractivity contribution in [2.24, 2.45) is 0 Å². The Morgan fingerprint density at radius 2 is 1.68 bits per heavy atom. The predicted molar refractivity (Wildman–Crippen MR) is 96.4 cm³/mol. The average molecular weight is 420 g/mol. The second-order valence-corrected chi connectivity index (χ2v) is 7.82. The average Bonchev–Trinajstić information content (AvgIpc) is 2.97. The van der Waals surface area contributed by atoms with Crippen molar-refractivity contribution < 1.29 is 38.2 Å². The minimum atomic E-state index is -4.94. The summed E-state index contributed by atoms with van der Waals surface area (Å²) in [6.45, 7) is 5.26. The summed E-state index contributed by atoms with van der Waals surface area (Å²) in [6, 6.07) is 16.7. The van der Waals surface area contributed by atoms with Gasteiger partial charge in [0.2, 0.25) is 5.52 Å². The fourth-order valence-corrected chi connectivity index (χ4v) is 4.18. The molecule has 2 heterocycles. The van der Waals surface area contributed by atoms with E-state index in [9.17, 15) is 0 Å². The molecule has 0 radical (unpaired) electrons. The molecule has 6 nitrogen and oxygen atoms in total. The fourth-order valence-electron chi connectivity index (χ4n) is 3.01. The first-order valence-corrected chi connectivity index (χ1v) is 10.5. The Bertz CT molecular complexity index is 1050. The molecule has 0 unspecified atom stereocenters. The van der Waals surface area contributed by atoms with Gasteiger partial charge in [-0.1, -0.05) is 41.7 Å². The molecule has 0 saturated heterocycles. The number of allylic oxidation sites excluding steroid dienone is 2. The highest BCUT2D eigenvalue weighted by Crippen LogP contribution is 2.33. The number of nitrogens with zero attached hydrogens (tertiary/aromatic N) is 1. The van der Waals surface area contributed by atoms with Gasteiger partial charge in [0.15, 0.2) is 0 Å². The molecule has 1 aliphatic rings. The van der Waals surface area contributed by atoms with Gasteiger partial charge in [-0.05, 0) is 37.6 Å². The molecular weight excluding hydrogens is 402 g/mol. The zero-order chi connectivity index (χ0) is 20.3. The van der Waals surface area contributed by atoms with Crippen molar-refractivity contribution in [3.8, 4) is 5.75 Å². The van der Waals surface area contributed by atoms with Crippen LogP contribution in [0.2, 0.25) is 0 Å². The molecule has 3 aromatic rings. The number of fused-ring (bicyclic) bond motifs is 2. The van der Waals surface area contributed by atoms with Crippen LogP contribution in [0.3, 0.4) is 0 Å². The summed E-state index contributed by atoms with van der Waals surface area (Å²) >= 11 is 1.80. The summed E-state index contributed by atoms with van der Waals surface area (Å²) in [5.74, 6) is 1.83. The third-order valence-corrected chi connectivity index (χ3v) is 5.23. The summed E-state index contributed by atoms with van der Waals surface area (Å²) in [5, 5.41) is 1.21. The molecule has 0 atom stereocenters. The van der Waals surface area contributed by atoms with Crippen LogP contribution >= 0.6 is 11.3 Å². The van der Waals surface area contributed by atoms with E-state index in [1.807, 2.05) is 18.2 Å². The maximum atomic E-state index is 8.49. The zero-order valence-corrected chi connectivity index (χ0v) is 16.8. The second kappa shape index (κ2) is 8.40. The molecule has 1 aliphatic heterocycles. The molecule has 2 aromatic carbocycles. The van der Waals surface area contributed by atoms with E-state index in [1.165, 1.54) is 26.4 Å². The molecular formula is C20H18ClNO5S. The Kier molecular flexibility index (Phi) is 6.14. The molecule has 0 N–H and O–H groups in total. The van der Waals surface area contributed by atoms with Crippen LogP contribution in [0.1, 0.15) is 24.4 Å². The number of hydrogen-bond acceptors (Lipinski definition) is 6. The monoisotopic (exact) mass is 419 g/mol. The number of para-hydroxylation sites is 2. The lowest BCUT2D eigenvalue weighted by molar-refractivity contribution is -2.00. The minimum absolute atomic E-state index is 0.898. The Hall–Kier alpha value is -2.26. The standard InChI is InChI=1S/C20H18NOS.ClHO4/c1-3-21-17-9-5-7-11-19(17)23-20(21)13-15-12-14(2)16-8-4-6-10-18(16)22-15;2-1(3,4)5/h4-13H,3H2,1-2H3;(H,2,3,4,5)/q+1;/p-1/b15-13+;. The normalized spacial score (nSPS) is 14.8. The van der Waals surface area contributed by atoms with Crippen molar-refractivity contribution in [2.45, 2.75) is 20.4 Å². The van der Waals surface area contributed by atoms with E-state index < -0.39 is 10.2 Å². The van der Waals surface area contributed by atoms with E-state index in [-0.39, 0.29) is 0 Å². The van der Waals surface area contributed by atoms with Crippen LogP contribution in [-0.2, 0) is 6.54 Å². The molecule has 28 heavy (non-hydrogen) atoms. The van der Waals surface area contributed by atoms with Gasteiger partial charge in [0.05, 0.1) is 6.08 Å². The van der Waals surface area contributed by atoms with Crippen molar-refractivity contribution in [3.63, 3.8) is 0 Å². The molecule has 1 aromatic heterocycles. The second-order valence-electron chi connectivity index (χ2n) is 6.00. The Balaban J connectivity index is 0.000000403. The van der Waals surface area contributed by atoms with Gasteiger partial charge in [-0.15, -0.1) is 10.2 Å². The van der Waals surface area contributed by atoms with Crippen LogP contribution in [0.25, 0.3) is 21.9 Å². The molecule has 0 spiro atoms. The quantitative estimate of drug-likeness (QED) is 0.555. The first-order valence-electron chi connectivity index (χ1n) is 8.46. The minimum Gasteiger partial charge on any atom is -0.456 e.